The van der Waals surface area contributed by atoms with Crippen LogP contribution in [0, 0.1) is 0 Å². The number of hydrogen-bond acceptors (Lipinski definition) is 2. The van der Waals surface area contributed by atoms with E-state index >= 15 is 0 Å². The van der Waals surface area contributed by atoms with Gasteiger partial charge in [-0.1, -0.05) is 17.7 Å². The Morgan fingerprint density at radius 2 is 2.07 bits per heavy atom. The van der Waals surface area contributed by atoms with Crippen molar-refractivity contribution in [3.63, 3.8) is 0 Å². The third-order valence-corrected chi connectivity index (χ3v) is 3.77. The Kier molecular flexibility index (Phi) is 2.15. The minimum absolute atomic E-state index is 0.0264. The van der Waals surface area contributed by atoms with Crippen LogP contribution in [0.15, 0.2) is 18.2 Å². The SMILES string of the molecule is Clc1cccc2c1CC1(CCNCC1)O2. The first-order chi connectivity index (χ1) is 7.29. The lowest BCUT2D eigenvalue weighted by molar-refractivity contribution is 0.0600. The zero-order chi connectivity index (χ0) is 10.3. The fourth-order valence-corrected chi connectivity index (χ4v) is 2.79. The van der Waals surface area contributed by atoms with Crippen LogP contribution in [-0.4, -0.2) is 18.7 Å². The van der Waals surface area contributed by atoms with Gasteiger partial charge in [0.1, 0.15) is 11.4 Å². The molecule has 0 unspecified atom stereocenters. The van der Waals surface area contributed by atoms with Crippen LogP contribution in [0.4, 0.5) is 0 Å². The second kappa shape index (κ2) is 3.39. The maximum atomic E-state index is 6.18. The molecule has 80 valence electrons. The molecule has 0 amide bonds. The summed E-state index contributed by atoms with van der Waals surface area (Å²) >= 11 is 6.18. The van der Waals surface area contributed by atoms with Gasteiger partial charge in [0.25, 0.3) is 0 Å². The summed E-state index contributed by atoms with van der Waals surface area (Å²) in [6, 6.07) is 5.93. The molecule has 1 N–H and O–H groups in total. The molecule has 3 heteroatoms. The first-order valence-electron chi connectivity index (χ1n) is 5.46. The molecule has 1 saturated heterocycles. The van der Waals surface area contributed by atoms with Crippen LogP contribution >= 0.6 is 11.6 Å². The summed E-state index contributed by atoms with van der Waals surface area (Å²) in [5.74, 6) is 0.990. The molecule has 0 aliphatic carbocycles. The summed E-state index contributed by atoms with van der Waals surface area (Å²) in [7, 11) is 0. The molecule has 15 heavy (non-hydrogen) atoms. The predicted molar refractivity (Wildman–Crippen MR) is 60.6 cm³/mol. The number of hydrogen-bond donors (Lipinski definition) is 1. The maximum absolute atomic E-state index is 6.18. The van der Waals surface area contributed by atoms with Crippen molar-refractivity contribution in [2.24, 2.45) is 0 Å². The van der Waals surface area contributed by atoms with Gasteiger partial charge in [0.05, 0.1) is 0 Å². The fourth-order valence-electron chi connectivity index (χ4n) is 2.56. The predicted octanol–water partition coefficient (Wildman–Crippen LogP) is 2.40. The Labute approximate surface area is 94.6 Å². The lowest BCUT2D eigenvalue weighted by atomic mass is 9.88. The molecule has 2 heterocycles. The zero-order valence-corrected chi connectivity index (χ0v) is 9.31. The lowest BCUT2D eigenvalue weighted by Gasteiger charge is -2.33. The van der Waals surface area contributed by atoms with Gasteiger partial charge in [-0.3, -0.25) is 0 Å². The first kappa shape index (κ1) is 9.49. The highest BCUT2D eigenvalue weighted by atomic mass is 35.5. The highest BCUT2D eigenvalue weighted by Crippen LogP contribution is 2.42. The first-order valence-corrected chi connectivity index (χ1v) is 5.84. The van der Waals surface area contributed by atoms with Crippen molar-refractivity contribution >= 4 is 11.6 Å². The van der Waals surface area contributed by atoms with Crippen LogP contribution in [0.5, 0.6) is 5.75 Å². The summed E-state index contributed by atoms with van der Waals surface area (Å²) in [5.41, 5.74) is 1.22. The second-order valence-corrected chi connectivity index (χ2v) is 4.84. The normalized spacial score (nSPS) is 22.5. The van der Waals surface area contributed by atoms with Crippen molar-refractivity contribution in [3.8, 4) is 5.75 Å². The van der Waals surface area contributed by atoms with Crippen LogP contribution in [0.25, 0.3) is 0 Å². The molecular formula is C12H14ClNO. The zero-order valence-electron chi connectivity index (χ0n) is 8.55. The molecule has 0 aromatic heterocycles. The van der Waals surface area contributed by atoms with E-state index in [2.05, 4.69) is 5.32 Å². The molecule has 2 aliphatic rings. The number of ether oxygens (including phenoxy) is 1. The van der Waals surface area contributed by atoms with E-state index in [1.165, 1.54) is 5.56 Å². The summed E-state index contributed by atoms with van der Waals surface area (Å²) in [6.45, 7) is 2.09. The number of benzene rings is 1. The number of halogens is 1. The average Bonchev–Trinajstić information content (AvgIpc) is 2.59. The van der Waals surface area contributed by atoms with Crippen molar-refractivity contribution in [1.29, 1.82) is 0 Å². The Bertz CT molecular complexity index is 385. The molecular weight excluding hydrogens is 210 g/mol. The van der Waals surface area contributed by atoms with E-state index in [-0.39, 0.29) is 5.60 Å². The monoisotopic (exact) mass is 223 g/mol. The molecule has 2 nitrogen and oxygen atoms in total. The fraction of sp³-hybridized carbons (Fsp3) is 0.500. The van der Waals surface area contributed by atoms with Crippen LogP contribution in [0.2, 0.25) is 5.02 Å². The molecule has 0 saturated carbocycles. The van der Waals surface area contributed by atoms with E-state index in [1.807, 2.05) is 18.2 Å². The smallest absolute Gasteiger partial charge is 0.124 e. The summed E-state index contributed by atoms with van der Waals surface area (Å²) < 4.78 is 6.09. The summed E-state index contributed by atoms with van der Waals surface area (Å²) in [4.78, 5) is 0. The van der Waals surface area contributed by atoms with Crippen LogP contribution in [0.1, 0.15) is 18.4 Å². The minimum Gasteiger partial charge on any atom is -0.486 e. The highest BCUT2D eigenvalue weighted by molar-refractivity contribution is 6.31. The van der Waals surface area contributed by atoms with E-state index in [9.17, 15) is 0 Å². The minimum atomic E-state index is 0.0264. The van der Waals surface area contributed by atoms with Gasteiger partial charge in [0.2, 0.25) is 0 Å². The van der Waals surface area contributed by atoms with Crippen LogP contribution in [0.3, 0.4) is 0 Å². The molecule has 1 aromatic rings. The van der Waals surface area contributed by atoms with Crippen molar-refractivity contribution in [2.75, 3.05) is 13.1 Å². The van der Waals surface area contributed by atoms with Crippen molar-refractivity contribution in [2.45, 2.75) is 24.9 Å². The standard InChI is InChI=1S/C12H14ClNO/c13-10-2-1-3-11-9(10)8-12(15-11)4-6-14-7-5-12/h1-3,14H,4-8H2. The number of fused-ring (bicyclic) bond motifs is 1. The lowest BCUT2D eigenvalue weighted by Crippen LogP contribution is -2.45. The molecule has 1 fully saturated rings. The molecule has 1 spiro atoms. The van der Waals surface area contributed by atoms with Crippen molar-refractivity contribution in [1.82, 2.24) is 5.32 Å². The quantitative estimate of drug-likeness (QED) is 0.729. The van der Waals surface area contributed by atoms with Crippen LogP contribution in [-0.2, 0) is 6.42 Å². The van der Waals surface area contributed by atoms with E-state index in [4.69, 9.17) is 16.3 Å². The van der Waals surface area contributed by atoms with E-state index in [1.54, 1.807) is 0 Å². The van der Waals surface area contributed by atoms with E-state index in [0.717, 1.165) is 43.1 Å². The van der Waals surface area contributed by atoms with Gasteiger partial charge in [-0.05, 0) is 38.1 Å². The molecule has 1 aromatic carbocycles. The summed E-state index contributed by atoms with van der Waals surface area (Å²) in [6.07, 6.45) is 3.14. The number of nitrogens with one attached hydrogen (secondary N) is 1. The average molecular weight is 224 g/mol. The largest absolute Gasteiger partial charge is 0.486 e. The number of rotatable bonds is 0. The Balaban J connectivity index is 1.94. The number of piperidine rings is 1. The topological polar surface area (TPSA) is 21.3 Å². The van der Waals surface area contributed by atoms with Gasteiger partial charge >= 0.3 is 0 Å². The molecule has 0 radical (unpaired) electrons. The second-order valence-electron chi connectivity index (χ2n) is 4.43. The Morgan fingerprint density at radius 3 is 2.80 bits per heavy atom. The van der Waals surface area contributed by atoms with E-state index < -0.39 is 0 Å². The Morgan fingerprint density at radius 1 is 1.27 bits per heavy atom. The van der Waals surface area contributed by atoms with Gasteiger partial charge in [0.15, 0.2) is 0 Å². The maximum Gasteiger partial charge on any atom is 0.124 e. The van der Waals surface area contributed by atoms with Crippen molar-refractivity contribution < 1.29 is 4.74 Å². The van der Waals surface area contributed by atoms with Gasteiger partial charge in [-0.25, -0.2) is 0 Å². The molecule has 2 aliphatic heterocycles. The molecule has 3 rings (SSSR count). The van der Waals surface area contributed by atoms with E-state index in [0.29, 0.717) is 0 Å². The Hall–Kier alpha value is -0.730. The third-order valence-electron chi connectivity index (χ3n) is 3.42. The third kappa shape index (κ3) is 1.52. The van der Waals surface area contributed by atoms with Gasteiger partial charge < -0.3 is 10.1 Å². The molecule has 0 atom stereocenters. The molecule has 0 bridgehead atoms. The van der Waals surface area contributed by atoms with Gasteiger partial charge in [-0.15, -0.1) is 0 Å². The summed E-state index contributed by atoms with van der Waals surface area (Å²) in [5, 5.41) is 4.21. The van der Waals surface area contributed by atoms with Gasteiger partial charge in [0, 0.05) is 17.0 Å². The van der Waals surface area contributed by atoms with Crippen LogP contribution < -0.4 is 10.1 Å². The highest BCUT2D eigenvalue weighted by Gasteiger charge is 2.40. The van der Waals surface area contributed by atoms with Crippen molar-refractivity contribution in [3.05, 3.63) is 28.8 Å². The van der Waals surface area contributed by atoms with Gasteiger partial charge in [-0.2, -0.15) is 0 Å².